The molecule has 1 aliphatic heterocycles. The first-order valence-corrected chi connectivity index (χ1v) is 11.4. The van der Waals surface area contributed by atoms with E-state index < -0.39 is 0 Å². The minimum absolute atomic E-state index is 0.122. The lowest BCUT2D eigenvalue weighted by Crippen LogP contribution is -2.42. The monoisotopic (exact) mass is 422 g/mol. The zero-order chi connectivity index (χ0) is 21.3. The second-order valence-corrected chi connectivity index (χ2v) is 8.97. The number of aryl methyl sites for hydroxylation is 2. The minimum Gasteiger partial charge on any atom is -0.312 e. The summed E-state index contributed by atoms with van der Waals surface area (Å²) in [6.07, 6.45) is 2.81. The van der Waals surface area contributed by atoms with Crippen LogP contribution in [0.25, 0.3) is 0 Å². The van der Waals surface area contributed by atoms with Crippen LogP contribution in [0.2, 0.25) is 0 Å². The van der Waals surface area contributed by atoms with Crippen LogP contribution >= 0.6 is 11.3 Å². The first-order valence-electron chi connectivity index (χ1n) is 10.5. The van der Waals surface area contributed by atoms with Gasteiger partial charge in [-0.15, -0.1) is 11.3 Å². The van der Waals surface area contributed by atoms with Crippen molar-refractivity contribution in [2.45, 2.75) is 46.1 Å². The van der Waals surface area contributed by atoms with Crippen molar-refractivity contribution >= 4 is 23.1 Å². The molecule has 2 aromatic carbocycles. The Morgan fingerprint density at radius 3 is 2.43 bits per heavy atom. The summed E-state index contributed by atoms with van der Waals surface area (Å²) in [5.41, 5.74) is 5.74. The number of hydrogen-bond acceptors (Lipinski definition) is 2. The second-order valence-electron chi connectivity index (χ2n) is 7.71. The molecule has 156 valence electrons. The Morgan fingerprint density at radius 2 is 1.80 bits per heavy atom. The fraction of sp³-hybridized carbons (Fsp3) is 0.320. The molecule has 1 atom stereocenters. The Morgan fingerprint density at radius 1 is 1.10 bits per heavy atom. The lowest BCUT2D eigenvalue weighted by molar-refractivity contribution is 0.195. The number of nitrogens with zero attached hydrogens (tertiary/aromatic N) is 1. The summed E-state index contributed by atoms with van der Waals surface area (Å²) >= 11 is 1.77. The van der Waals surface area contributed by atoms with E-state index in [2.05, 4.69) is 26.1 Å². The molecule has 5 heteroatoms. The van der Waals surface area contributed by atoms with Crippen LogP contribution in [0.15, 0.2) is 48.5 Å². The fourth-order valence-electron chi connectivity index (χ4n) is 4.32. The first-order chi connectivity index (χ1) is 14.5. The van der Waals surface area contributed by atoms with Gasteiger partial charge in [0.15, 0.2) is 0 Å². The summed E-state index contributed by atoms with van der Waals surface area (Å²) in [4.78, 5) is 17.7. The third-order valence-electron chi connectivity index (χ3n) is 5.93. The highest BCUT2D eigenvalue weighted by Gasteiger charge is 2.35. The molecule has 3 nitrogen and oxygen atoms in total. The van der Waals surface area contributed by atoms with Gasteiger partial charge in [0.25, 0.3) is 0 Å². The van der Waals surface area contributed by atoms with Crippen LogP contribution < -0.4 is 5.32 Å². The molecule has 1 aromatic heterocycles. The number of rotatable bonds is 4. The van der Waals surface area contributed by atoms with Gasteiger partial charge in [-0.25, -0.2) is 9.18 Å². The molecular weight excluding hydrogens is 395 g/mol. The quantitative estimate of drug-likeness (QED) is 0.511. The average molecular weight is 423 g/mol. The molecule has 1 N–H and O–H groups in total. The smallest absolute Gasteiger partial charge is 0.312 e. The van der Waals surface area contributed by atoms with Crippen molar-refractivity contribution in [1.82, 2.24) is 4.90 Å². The molecule has 2 heterocycles. The van der Waals surface area contributed by atoms with E-state index >= 15 is 0 Å². The molecule has 2 amide bonds. The van der Waals surface area contributed by atoms with E-state index in [-0.39, 0.29) is 17.9 Å². The molecule has 0 radical (unpaired) electrons. The Bertz CT molecular complexity index is 1040. The van der Waals surface area contributed by atoms with Gasteiger partial charge in [-0.2, -0.15) is 0 Å². The lowest BCUT2D eigenvalue weighted by Gasteiger charge is -2.36. The van der Waals surface area contributed by atoms with Crippen LogP contribution in [0, 0.1) is 12.7 Å². The number of halogens is 1. The number of nitrogens with one attached hydrogen (secondary N) is 1. The van der Waals surface area contributed by atoms with E-state index in [0.717, 1.165) is 30.5 Å². The highest BCUT2D eigenvalue weighted by molar-refractivity contribution is 7.12. The Hall–Kier alpha value is -2.66. The molecule has 0 fully saturated rings. The van der Waals surface area contributed by atoms with E-state index in [9.17, 15) is 9.18 Å². The van der Waals surface area contributed by atoms with E-state index in [4.69, 9.17) is 0 Å². The summed E-state index contributed by atoms with van der Waals surface area (Å²) in [7, 11) is 0. The van der Waals surface area contributed by atoms with Crippen molar-refractivity contribution in [1.29, 1.82) is 0 Å². The third kappa shape index (κ3) is 3.86. The number of benzene rings is 2. The van der Waals surface area contributed by atoms with Gasteiger partial charge in [-0.1, -0.05) is 38.1 Å². The SMILES string of the molecule is CCc1ccc(NC(=O)N2CCc3c(sc(C)c3CC)[C@@H]2c2ccc(F)cc2)cc1. The highest BCUT2D eigenvalue weighted by Crippen LogP contribution is 2.43. The molecule has 0 unspecified atom stereocenters. The van der Waals surface area contributed by atoms with E-state index in [1.807, 2.05) is 29.2 Å². The fourth-order valence-corrected chi connectivity index (χ4v) is 5.77. The van der Waals surface area contributed by atoms with Crippen molar-refractivity contribution in [3.63, 3.8) is 0 Å². The number of carbonyl (C=O) groups excluding carboxylic acids is 1. The second kappa shape index (κ2) is 8.60. The molecule has 4 rings (SSSR count). The summed E-state index contributed by atoms with van der Waals surface area (Å²) in [5.74, 6) is -0.265. The molecule has 30 heavy (non-hydrogen) atoms. The van der Waals surface area contributed by atoms with E-state index in [0.29, 0.717) is 6.54 Å². The first kappa shape index (κ1) is 20.6. The Labute approximate surface area is 181 Å². The predicted molar refractivity (Wildman–Crippen MR) is 122 cm³/mol. The molecule has 0 saturated heterocycles. The van der Waals surface area contributed by atoms with Crippen LogP contribution in [0.1, 0.15) is 51.9 Å². The molecule has 0 spiro atoms. The molecule has 3 aromatic rings. The van der Waals surface area contributed by atoms with Crippen LogP contribution in [0.3, 0.4) is 0 Å². The van der Waals surface area contributed by atoms with E-state index in [1.54, 1.807) is 23.5 Å². The average Bonchev–Trinajstić information content (AvgIpc) is 3.09. The van der Waals surface area contributed by atoms with Crippen molar-refractivity contribution in [3.8, 4) is 0 Å². The summed E-state index contributed by atoms with van der Waals surface area (Å²) in [6, 6.07) is 14.2. The minimum atomic E-state index is -0.265. The largest absolute Gasteiger partial charge is 0.322 e. The zero-order valence-electron chi connectivity index (χ0n) is 17.7. The van der Waals surface area contributed by atoms with Crippen molar-refractivity contribution in [3.05, 3.63) is 86.4 Å². The molecule has 0 aliphatic carbocycles. The molecule has 0 saturated carbocycles. The summed E-state index contributed by atoms with van der Waals surface area (Å²) in [5, 5.41) is 3.06. The molecule has 1 aliphatic rings. The van der Waals surface area contributed by atoms with E-state index in [1.165, 1.54) is 38.6 Å². The number of hydrogen-bond donors (Lipinski definition) is 1. The number of carbonyl (C=O) groups is 1. The summed E-state index contributed by atoms with van der Waals surface area (Å²) in [6.45, 7) is 7.08. The van der Waals surface area contributed by atoms with Gasteiger partial charge in [0.2, 0.25) is 0 Å². The van der Waals surface area contributed by atoms with Crippen molar-refractivity contribution < 1.29 is 9.18 Å². The third-order valence-corrected chi connectivity index (χ3v) is 7.17. The van der Waals surface area contributed by atoms with Gasteiger partial charge < -0.3 is 10.2 Å². The summed E-state index contributed by atoms with van der Waals surface area (Å²) < 4.78 is 13.6. The maximum atomic E-state index is 13.6. The molecule has 0 bridgehead atoms. The Balaban J connectivity index is 1.69. The van der Waals surface area contributed by atoms with Gasteiger partial charge in [0.1, 0.15) is 5.82 Å². The zero-order valence-corrected chi connectivity index (χ0v) is 18.5. The predicted octanol–water partition coefficient (Wildman–Crippen LogP) is 6.50. The van der Waals surface area contributed by atoms with Crippen LogP contribution in [-0.4, -0.2) is 17.5 Å². The van der Waals surface area contributed by atoms with Gasteiger partial charge in [0, 0.05) is 22.0 Å². The van der Waals surface area contributed by atoms with Gasteiger partial charge in [-0.3, -0.25) is 0 Å². The number of thiophene rings is 1. The van der Waals surface area contributed by atoms with Gasteiger partial charge >= 0.3 is 6.03 Å². The number of amides is 2. The number of urea groups is 1. The topological polar surface area (TPSA) is 32.3 Å². The standard InChI is InChI=1S/C25H27FN2OS/c1-4-17-6-12-20(13-7-17)27-25(29)28-15-14-22-21(5-2)16(3)30-24(22)23(28)18-8-10-19(26)11-9-18/h6-13,23H,4-5,14-15H2,1-3H3,(H,27,29)/t23-/m0/s1. The van der Waals surface area contributed by atoms with Crippen LogP contribution in [0.4, 0.5) is 14.9 Å². The normalized spacial score (nSPS) is 15.7. The lowest BCUT2D eigenvalue weighted by atomic mass is 9.92. The van der Waals surface area contributed by atoms with Gasteiger partial charge in [-0.05, 0) is 72.7 Å². The molecular formula is C25H27FN2OS. The number of anilines is 1. The maximum absolute atomic E-state index is 13.6. The number of fused-ring (bicyclic) bond motifs is 1. The van der Waals surface area contributed by atoms with Crippen molar-refractivity contribution in [2.75, 3.05) is 11.9 Å². The van der Waals surface area contributed by atoms with Crippen LogP contribution in [0.5, 0.6) is 0 Å². The highest BCUT2D eigenvalue weighted by atomic mass is 32.1. The van der Waals surface area contributed by atoms with Crippen LogP contribution in [-0.2, 0) is 19.3 Å². The van der Waals surface area contributed by atoms with Gasteiger partial charge in [0.05, 0.1) is 6.04 Å². The van der Waals surface area contributed by atoms with Crippen molar-refractivity contribution in [2.24, 2.45) is 0 Å². The Kier molecular flexibility index (Phi) is 5.91. The maximum Gasteiger partial charge on any atom is 0.322 e.